The highest BCUT2D eigenvalue weighted by molar-refractivity contribution is 6.32. The molecule has 3 rings (SSSR count). The van der Waals surface area contributed by atoms with Gasteiger partial charge in [-0.25, -0.2) is 0 Å². The molecule has 0 atom stereocenters. The number of ether oxygens (including phenoxy) is 3. The van der Waals surface area contributed by atoms with Gasteiger partial charge in [0.2, 0.25) is 0 Å². The van der Waals surface area contributed by atoms with Crippen LogP contribution in [0.4, 0.5) is 0 Å². The first-order valence-corrected chi connectivity index (χ1v) is 9.46. The van der Waals surface area contributed by atoms with Crippen LogP contribution in [0, 0.1) is 0 Å². The Morgan fingerprint density at radius 2 is 1.89 bits per heavy atom. The zero-order valence-corrected chi connectivity index (χ0v) is 16.9. The quantitative estimate of drug-likeness (QED) is 0.579. The van der Waals surface area contributed by atoms with Gasteiger partial charge in [-0.2, -0.15) is 0 Å². The summed E-state index contributed by atoms with van der Waals surface area (Å²) in [5, 5.41) is 4.28. The highest BCUT2D eigenvalue weighted by atomic mass is 35.5. The minimum atomic E-state index is -0.210. The Morgan fingerprint density at radius 3 is 2.61 bits per heavy atom. The standard InChI is InChI=1S/C21H23ClN2O4/c1-4-27-15-7-6-14-10-18(24-17(14)11-15)21(25)23-12-13-8-16(22)20(28-5-2)19(9-13)26-3/h6-11,24H,4-5,12H2,1-3H3,(H,23,25). The summed E-state index contributed by atoms with van der Waals surface area (Å²) < 4.78 is 16.3. The second-order valence-corrected chi connectivity index (χ2v) is 6.50. The molecule has 0 saturated heterocycles. The third-order valence-corrected chi connectivity index (χ3v) is 4.46. The van der Waals surface area contributed by atoms with Gasteiger partial charge in [0.05, 0.1) is 25.3 Å². The zero-order valence-electron chi connectivity index (χ0n) is 16.1. The fourth-order valence-electron chi connectivity index (χ4n) is 2.92. The predicted octanol–water partition coefficient (Wildman–Crippen LogP) is 4.56. The maximum absolute atomic E-state index is 12.5. The highest BCUT2D eigenvalue weighted by Gasteiger charge is 2.14. The molecule has 0 fully saturated rings. The normalized spacial score (nSPS) is 10.7. The van der Waals surface area contributed by atoms with E-state index in [4.69, 9.17) is 25.8 Å². The molecule has 148 valence electrons. The van der Waals surface area contributed by atoms with Crippen molar-refractivity contribution in [3.63, 3.8) is 0 Å². The number of carbonyl (C=O) groups excluding carboxylic acids is 1. The number of carbonyl (C=O) groups is 1. The number of halogens is 1. The van der Waals surface area contributed by atoms with E-state index in [2.05, 4.69) is 10.3 Å². The van der Waals surface area contributed by atoms with Gasteiger partial charge in [0.15, 0.2) is 11.5 Å². The maximum Gasteiger partial charge on any atom is 0.267 e. The van der Waals surface area contributed by atoms with Gasteiger partial charge in [0, 0.05) is 23.5 Å². The summed E-state index contributed by atoms with van der Waals surface area (Å²) in [5.41, 5.74) is 2.14. The van der Waals surface area contributed by atoms with E-state index in [-0.39, 0.29) is 5.91 Å². The summed E-state index contributed by atoms with van der Waals surface area (Å²) >= 11 is 6.28. The van der Waals surface area contributed by atoms with Crippen LogP contribution in [0.2, 0.25) is 5.02 Å². The van der Waals surface area contributed by atoms with Gasteiger partial charge in [0.25, 0.3) is 5.91 Å². The number of H-pyrrole nitrogens is 1. The molecule has 0 spiro atoms. The second kappa shape index (κ2) is 8.89. The number of nitrogens with one attached hydrogen (secondary N) is 2. The average molecular weight is 403 g/mol. The van der Waals surface area contributed by atoms with Crippen LogP contribution in [0.25, 0.3) is 10.9 Å². The van der Waals surface area contributed by atoms with Crippen LogP contribution in [0.5, 0.6) is 17.2 Å². The molecule has 0 radical (unpaired) electrons. The predicted molar refractivity (Wildman–Crippen MR) is 110 cm³/mol. The van der Waals surface area contributed by atoms with Crippen molar-refractivity contribution >= 4 is 28.4 Å². The Labute approximate surface area is 168 Å². The van der Waals surface area contributed by atoms with E-state index in [1.54, 1.807) is 19.2 Å². The first-order chi connectivity index (χ1) is 13.5. The molecule has 3 aromatic rings. The molecule has 0 saturated carbocycles. The first-order valence-electron chi connectivity index (χ1n) is 9.08. The van der Waals surface area contributed by atoms with E-state index in [1.807, 2.05) is 38.1 Å². The lowest BCUT2D eigenvalue weighted by atomic mass is 10.2. The van der Waals surface area contributed by atoms with Crippen molar-refractivity contribution in [1.82, 2.24) is 10.3 Å². The molecule has 0 bridgehead atoms. The Kier molecular flexibility index (Phi) is 6.31. The smallest absolute Gasteiger partial charge is 0.267 e. The molecule has 0 unspecified atom stereocenters. The Balaban J connectivity index is 1.73. The lowest BCUT2D eigenvalue weighted by Gasteiger charge is -2.13. The lowest BCUT2D eigenvalue weighted by Crippen LogP contribution is -2.23. The van der Waals surface area contributed by atoms with Gasteiger partial charge < -0.3 is 24.5 Å². The molecule has 0 aliphatic carbocycles. The largest absolute Gasteiger partial charge is 0.494 e. The van der Waals surface area contributed by atoms with Crippen molar-refractivity contribution in [3.8, 4) is 17.2 Å². The molecule has 2 aromatic carbocycles. The second-order valence-electron chi connectivity index (χ2n) is 6.09. The maximum atomic E-state index is 12.5. The fraction of sp³-hybridized carbons (Fsp3) is 0.286. The summed E-state index contributed by atoms with van der Waals surface area (Å²) in [5.74, 6) is 1.59. The van der Waals surface area contributed by atoms with Crippen molar-refractivity contribution in [3.05, 3.63) is 52.7 Å². The topological polar surface area (TPSA) is 72.6 Å². The third kappa shape index (κ3) is 4.34. The monoisotopic (exact) mass is 402 g/mol. The molecule has 2 N–H and O–H groups in total. The van der Waals surface area contributed by atoms with E-state index < -0.39 is 0 Å². The van der Waals surface area contributed by atoms with E-state index in [1.165, 1.54) is 0 Å². The first kappa shape index (κ1) is 19.9. The van der Waals surface area contributed by atoms with Gasteiger partial charge in [-0.3, -0.25) is 4.79 Å². The number of rotatable bonds is 8. The van der Waals surface area contributed by atoms with Crippen molar-refractivity contribution in [2.24, 2.45) is 0 Å². The molecule has 0 aliphatic rings. The van der Waals surface area contributed by atoms with Gasteiger partial charge >= 0.3 is 0 Å². The lowest BCUT2D eigenvalue weighted by molar-refractivity contribution is 0.0946. The minimum Gasteiger partial charge on any atom is -0.494 e. The number of hydrogen-bond acceptors (Lipinski definition) is 4. The highest BCUT2D eigenvalue weighted by Crippen LogP contribution is 2.36. The average Bonchev–Trinajstić information content (AvgIpc) is 3.11. The number of methoxy groups -OCH3 is 1. The summed E-state index contributed by atoms with van der Waals surface area (Å²) in [6.45, 7) is 5.19. The van der Waals surface area contributed by atoms with Crippen LogP contribution >= 0.6 is 11.6 Å². The summed E-state index contributed by atoms with van der Waals surface area (Å²) in [7, 11) is 1.55. The van der Waals surface area contributed by atoms with Crippen LogP contribution in [0.15, 0.2) is 36.4 Å². The van der Waals surface area contributed by atoms with Crippen LogP contribution in [0.3, 0.4) is 0 Å². The van der Waals surface area contributed by atoms with Crippen molar-refractivity contribution in [2.45, 2.75) is 20.4 Å². The van der Waals surface area contributed by atoms with Gasteiger partial charge in [-0.15, -0.1) is 0 Å². The Hall–Kier alpha value is -2.86. The van der Waals surface area contributed by atoms with Gasteiger partial charge in [-0.05, 0) is 49.7 Å². The number of benzene rings is 2. The minimum absolute atomic E-state index is 0.210. The van der Waals surface area contributed by atoms with Crippen molar-refractivity contribution in [2.75, 3.05) is 20.3 Å². The number of aromatic nitrogens is 1. The number of amides is 1. The van der Waals surface area contributed by atoms with Gasteiger partial charge in [0.1, 0.15) is 11.4 Å². The number of fused-ring (bicyclic) bond motifs is 1. The number of aromatic amines is 1. The Morgan fingerprint density at radius 1 is 1.11 bits per heavy atom. The zero-order chi connectivity index (χ0) is 20.1. The molecule has 28 heavy (non-hydrogen) atoms. The van der Waals surface area contributed by atoms with Crippen LogP contribution in [-0.4, -0.2) is 31.2 Å². The molecule has 1 aromatic heterocycles. The summed E-state index contributed by atoms with van der Waals surface area (Å²) in [6.07, 6.45) is 0. The van der Waals surface area contributed by atoms with Crippen molar-refractivity contribution < 1.29 is 19.0 Å². The van der Waals surface area contributed by atoms with E-state index in [0.29, 0.717) is 42.0 Å². The van der Waals surface area contributed by atoms with Gasteiger partial charge in [-0.1, -0.05) is 11.6 Å². The molecule has 7 heteroatoms. The summed E-state index contributed by atoms with van der Waals surface area (Å²) in [6, 6.07) is 11.1. The van der Waals surface area contributed by atoms with Crippen LogP contribution in [-0.2, 0) is 6.54 Å². The fourth-order valence-corrected chi connectivity index (χ4v) is 3.21. The van der Waals surface area contributed by atoms with Crippen LogP contribution in [0.1, 0.15) is 29.9 Å². The molecule has 1 heterocycles. The molecule has 6 nitrogen and oxygen atoms in total. The SMILES string of the molecule is CCOc1ccc2cc(C(=O)NCc3cc(Cl)c(OCC)c(OC)c3)[nH]c2c1. The van der Waals surface area contributed by atoms with E-state index in [0.717, 1.165) is 22.2 Å². The third-order valence-electron chi connectivity index (χ3n) is 4.18. The molecular weight excluding hydrogens is 380 g/mol. The van der Waals surface area contributed by atoms with Crippen molar-refractivity contribution in [1.29, 1.82) is 0 Å². The van der Waals surface area contributed by atoms with E-state index in [9.17, 15) is 4.79 Å². The van der Waals surface area contributed by atoms with Crippen LogP contribution < -0.4 is 19.5 Å². The molecule has 0 aliphatic heterocycles. The molecular formula is C21H23ClN2O4. The van der Waals surface area contributed by atoms with E-state index >= 15 is 0 Å². The Bertz CT molecular complexity index is 984. The molecule has 1 amide bonds. The number of hydrogen-bond donors (Lipinski definition) is 2. The summed E-state index contributed by atoms with van der Waals surface area (Å²) in [4.78, 5) is 15.7.